The molecule has 17 heavy (non-hydrogen) atoms. The Bertz CT molecular complexity index is 381. The Morgan fingerprint density at radius 1 is 0.824 bits per heavy atom. The minimum Gasteiger partial charge on any atom is -0.0890 e. The van der Waals surface area contributed by atoms with Crippen LogP contribution in [0.15, 0.2) is 24.3 Å². The molecule has 0 nitrogen and oxygen atoms in total. The smallest absolute Gasteiger partial charge is 0.0151 e. The molecular formula is C16H21Br. The van der Waals surface area contributed by atoms with Crippen LogP contribution in [0, 0.1) is 0 Å². The van der Waals surface area contributed by atoms with E-state index in [0.717, 1.165) is 16.7 Å². The van der Waals surface area contributed by atoms with Crippen LogP contribution in [0.4, 0.5) is 0 Å². The summed E-state index contributed by atoms with van der Waals surface area (Å²) in [6, 6.07) is 9.24. The maximum atomic E-state index is 3.82. The summed E-state index contributed by atoms with van der Waals surface area (Å²) in [7, 11) is 0. The van der Waals surface area contributed by atoms with Gasteiger partial charge in [-0.3, -0.25) is 0 Å². The van der Waals surface area contributed by atoms with E-state index < -0.39 is 0 Å². The highest BCUT2D eigenvalue weighted by Crippen LogP contribution is 2.43. The molecule has 0 bridgehead atoms. The third kappa shape index (κ3) is 2.45. The highest BCUT2D eigenvalue weighted by molar-refractivity contribution is 9.09. The van der Waals surface area contributed by atoms with Gasteiger partial charge in [0.15, 0.2) is 0 Å². The first-order valence-electron chi connectivity index (χ1n) is 7.07. The van der Waals surface area contributed by atoms with Gasteiger partial charge in [-0.2, -0.15) is 0 Å². The van der Waals surface area contributed by atoms with Crippen molar-refractivity contribution in [3.05, 3.63) is 35.4 Å². The summed E-state index contributed by atoms with van der Waals surface area (Å²) in [5, 5.41) is 0. The molecule has 0 spiro atoms. The quantitative estimate of drug-likeness (QED) is 0.643. The van der Waals surface area contributed by atoms with Crippen LogP contribution in [0.25, 0.3) is 0 Å². The SMILES string of the molecule is BrC1CCCC(c2ccccc2C2CCC2)C1. The molecule has 2 atom stereocenters. The maximum absolute atomic E-state index is 3.82. The number of halogens is 1. The Morgan fingerprint density at radius 2 is 1.41 bits per heavy atom. The average molecular weight is 293 g/mol. The van der Waals surface area contributed by atoms with Gasteiger partial charge in [0.2, 0.25) is 0 Å². The first-order chi connectivity index (χ1) is 8.34. The first-order valence-corrected chi connectivity index (χ1v) is 7.99. The molecule has 0 radical (unpaired) electrons. The van der Waals surface area contributed by atoms with Crippen LogP contribution in [-0.4, -0.2) is 4.83 Å². The third-order valence-corrected chi connectivity index (χ3v) is 5.42. The van der Waals surface area contributed by atoms with E-state index in [-0.39, 0.29) is 0 Å². The van der Waals surface area contributed by atoms with E-state index in [2.05, 4.69) is 40.2 Å². The van der Waals surface area contributed by atoms with Crippen molar-refractivity contribution in [2.24, 2.45) is 0 Å². The normalized spacial score (nSPS) is 29.9. The van der Waals surface area contributed by atoms with E-state index in [0.29, 0.717) is 0 Å². The lowest BCUT2D eigenvalue weighted by Crippen LogP contribution is -2.18. The second-order valence-corrected chi connectivity index (χ2v) is 7.01. The van der Waals surface area contributed by atoms with Gasteiger partial charge in [-0.1, -0.05) is 53.0 Å². The van der Waals surface area contributed by atoms with Crippen molar-refractivity contribution in [3.8, 4) is 0 Å². The number of alkyl halides is 1. The van der Waals surface area contributed by atoms with Crippen molar-refractivity contribution in [2.75, 3.05) is 0 Å². The number of hydrogen-bond acceptors (Lipinski definition) is 0. The monoisotopic (exact) mass is 292 g/mol. The zero-order valence-corrected chi connectivity index (χ0v) is 12.0. The number of rotatable bonds is 2. The van der Waals surface area contributed by atoms with Gasteiger partial charge in [-0.15, -0.1) is 0 Å². The third-order valence-electron chi connectivity index (χ3n) is 4.59. The van der Waals surface area contributed by atoms with Gasteiger partial charge in [0, 0.05) is 4.83 Å². The zero-order valence-electron chi connectivity index (χ0n) is 10.4. The summed E-state index contributed by atoms with van der Waals surface area (Å²) in [5.74, 6) is 1.69. The standard InChI is InChI=1S/C16H21Br/c17-14-8-4-7-13(11-14)16-10-2-1-9-15(16)12-5-3-6-12/h1-2,9-10,12-14H,3-8,11H2. The predicted octanol–water partition coefficient (Wildman–Crippen LogP) is 5.38. The molecule has 2 aliphatic rings. The number of benzene rings is 1. The fourth-order valence-corrected chi connectivity index (χ4v) is 4.16. The second-order valence-electron chi connectivity index (χ2n) is 5.72. The van der Waals surface area contributed by atoms with Gasteiger partial charge in [0.05, 0.1) is 0 Å². The molecule has 1 heteroatoms. The van der Waals surface area contributed by atoms with E-state index in [1.165, 1.54) is 44.9 Å². The fraction of sp³-hybridized carbons (Fsp3) is 0.625. The Morgan fingerprint density at radius 3 is 2.00 bits per heavy atom. The minimum absolute atomic E-state index is 0.746. The molecule has 0 aromatic heterocycles. The van der Waals surface area contributed by atoms with Crippen LogP contribution in [-0.2, 0) is 0 Å². The molecule has 1 aromatic rings. The molecule has 2 unspecified atom stereocenters. The first kappa shape index (κ1) is 11.8. The summed E-state index contributed by atoms with van der Waals surface area (Å²) in [4.78, 5) is 0.746. The lowest BCUT2D eigenvalue weighted by molar-refractivity contribution is 0.404. The largest absolute Gasteiger partial charge is 0.0890 e. The average Bonchev–Trinajstić information content (AvgIpc) is 2.27. The van der Waals surface area contributed by atoms with E-state index >= 15 is 0 Å². The fourth-order valence-electron chi connectivity index (χ4n) is 3.39. The Balaban J connectivity index is 1.85. The molecule has 0 saturated heterocycles. The lowest BCUT2D eigenvalue weighted by atomic mass is 9.73. The van der Waals surface area contributed by atoms with Crippen molar-refractivity contribution in [1.29, 1.82) is 0 Å². The van der Waals surface area contributed by atoms with Gasteiger partial charge in [0.1, 0.15) is 0 Å². The highest BCUT2D eigenvalue weighted by atomic mass is 79.9. The summed E-state index contributed by atoms with van der Waals surface area (Å²) < 4.78 is 0. The summed E-state index contributed by atoms with van der Waals surface area (Å²) in [6.07, 6.45) is 9.75. The van der Waals surface area contributed by atoms with E-state index in [1.54, 1.807) is 11.1 Å². The molecule has 0 N–H and O–H groups in total. The van der Waals surface area contributed by atoms with Gasteiger partial charge in [-0.05, 0) is 55.1 Å². The van der Waals surface area contributed by atoms with Gasteiger partial charge >= 0.3 is 0 Å². The summed E-state index contributed by atoms with van der Waals surface area (Å²) >= 11 is 3.82. The van der Waals surface area contributed by atoms with Gasteiger partial charge < -0.3 is 0 Å². The van der Waals surface area contributed by atoms with Crippen LogP contribution in [0.2, 0.25) is 0 Å². The Hall–Kier alpha value is -0.300. The molecule has 2 fully saturated rings. The van der Waals surface area contributed by atoms with Crippen molar-refractivity contribution in [3.63, 3.8) is 0 Å². The summed E-state index contributed by atoms with van der Waals surface area (Å²) in [6.45, 7) is 0. The predicted molar refractivity (Wildman–Crippen MR) is 77.0 cm³/mol. The minimum atomic E-state index is 0.746. The molecule has 1 aromatic carbocycles. The Kier molecular flexibility index (Phi) is 3.56. The topological polar surface area (TPSA) is 0 Å². The van der Waals surface area contributed by atoms with Crippen molar-refractivity contribution < 1.29 is 0 Å². The molecule has 2 saturated carbocycles. The molecule has 0 aliphatic heterocycles. The molecule has 0 amide bonds. The van der Waals surface area contributed by atoms with Crippen LogP contribution >= 0.6 is 15.9 Å². The highest BCUT2D eigenvalue weighted by Gasteiger charge is 2.27. The molecular weight excluding hydrogens is 272 g/mol. The van der Waals surface area contributed by atoms with Gasteiger partial charge in [0.25, 0.3) is 0 Å². The van der Waals surface area contributed by atoms with Crippen LogP contribution in [0.1, 0.15) is 67.9 Å². The maximum Gasteiger partial charge on any atom is 0.0151 e. The van der Waals surface area contributed by atoms with Crippen LogP contribution in [0.5, 0.6) is 0 Å². The second kappa shape index (κ2) is 5.14. The van der Waals surface area contributed by atoms with Crippen LogP contribution in [0.3, 0.4) is 0 Å². The molecule has 92 valence electrons. The van der Waals surface area contributed by atoms with Crippen molar-refractivity contribution in [1.82, 2.24) is 0 Å². The summed E-state index contributed by atoms with van der Waals surface area (Å²) in [5.41, 5.74) is 3.34. The number of hydrogen-bond donors (Lipinski definition) is 0. The van der Waals surface area contributed by atoms with E-state index in [4.69, 9.17) is 0 Å². The van der Waals surface area contributed by atoms with E-state index in [9.17, 15) is 0 Å². The molecule has 3 rings (SSSR count). The van der Waals surface area contributed by atoms with Crippen molar-refractivity contribution in [2.45, 2.75) is 61.6 Å². The zero-order chi connectivity index (χ0) is 11.7. The van der Waals surface area contributed by atoms with E-state index in [1.807, 2.05) is 0 Å². The molecule has 2 aliphatic carbocycles. The lowest BCUT2D eigenvalue weighted by Gasteiger charge is -2.33. The Labute approximate surface area is 113 Å². The van der Waals surface area contributed by atoms with Crippen LogP contribution < -0.4 is 0 Å². The molecule has 0 heterocycles. The van der Waals surface area contributed by atoms with Crippen molar-refractivity contribution >= 4 is 15.9 Å². The van der Waals surface area contributed by atoms with Gasteiger partial charge in [-0.25, -0.2) is 0 Å².